The highest BCUT2D eigenvalue weighted by Gasteiger charge is 2.07. The number of nitro groups is 1. The number of benzene rings is 3. The predicted octanol–water partition coefficient (Wildman–Crippen LogP) is 4.46. The Kier molecular flexibility index (Phi) is 6.68. The van der Waals surface area contributed by atoms with Crippen molar-refractivity contribution in [1.82, 2.24) is 0 Å². The second-order valence-electron chi connectivity index (χ2n) is 6.28. The molecular weight excluding hydrogens is 384 g/mol. The summed E-state index contributed by atoms with van der Waals surface area (Å²) in [5.74, 6) is -1.15. The van der Waals surface area contributed by atoms with Crippen LogP contribution in [0.1, 0.15) is 5.56 Å². The molecule has 0 atom stereocenters. The molecule has 0 saturated heterocycles. The maximum atomic E-state index is 12.0. The minimum absolute atomic E-state index is 0.0387. The van der Waals surface area contributed by atoms with Crippen molar-refractivity contribution in [2.24, 2.45) is 0 Å². The molecule has 3 aromatic rings. The summed E-state index contributed by atoms with van der Waals surface area (Å²) in [4.78, 5) is 33.8. The molecule has 0 aromatic heterocycles. The summed E-state index contributed by atoms with van der Waals surface area (Å²) in [6.07, 6.45) is 2.61. The van der Waals surface area contributed by atoms with Crippen molar-refractivity contribution in [2.45, 2.75) is 0 Å². The summed E-state index contributed by atoms with van der Waals surface area (Å²) < 4.78 is 4.91. The number of non-ortho nitro benzene ring substituents is 1. The SMILES string of the molecule is O=C(COC(=O)/C=C/c1ccc([N+](=O)[O-])cc1)Nc1ccc(-c2ccccc2)cc1. The zero-order valence-corrected chi connectivity index (χ0v) is 15.9. The van der Waals surface area contributed by atoms with E-state index >= 15 is 0 Å². The second-order valence-corrected chi connectivity index (χ2v) is 6.28. The molecule has 3 rings (SSSR count). The average molecular weight is 402 g/mol. The number of esters is 1. The van der Waals surface area contributed by atoms with E-state index in [0.717, 1.165) is 17.2 Å². The Morgan fingerprint density at radius 2 is 1.53 bits per heavy atom. The van der Waals surface area contributed by atoms with Crippen LogP contribution in [0.4, 0.5) is 11.4 Å². The van der Waals surface area contributed by atoms with Gasteiger partial charge < -0.3 is 10.1 Å². The van der Waals surface area contributed by atoms with Crippen molar-refractivity contribution in [2.75, 3.05) is 11.9 Å². The summed E-state index contributed by atoms with van der Waals surface area (Å²) in [5, 5.41) is 13.3. The van der Waals surface area contributed by atoms with Gasteiger partial charge in [-0.2, -0.15) is 0 Å². The quantitative estimate of drug-likeness (QED) is 0.272. The highest BCUT2D eigenvalue weighted by molar-refractivity contribution is 5.94. The van der Waals surface area contributed by atoms with Crippen molar-refractivity contribution in [1.29, 1.82) is 0 Å². The van der Waals surface area contributed by atoms with Gasteiger partial charge in [0.05, 0.1) is 4.92 Å². The molecule has 0 aliphatic rings. The van der Waals surface area contributed by atoms with Crippen LogP contribution in [-0.2, 0) is 14.3 Å². The molecule has 0 spiro atoms. The lowest BCUT2D eigenvalue weighted by Crippen LogP contribution is -2.20. The van der Waals surface area contributed by atoms with Crippen LogP contribution in [0.25, 0.3) is 17.2 Å². The Bertz CT molecular complexity index is 1060. The van der Waals surface area contributed by atoms with Crippen molar-refractivity contribution in [3.05, 3.63) is 101 Å². The van der Waals surface area contributed by atoms with E-state index in [2.05, 4.69) is 5.32 Å². The fraction of sp³-hybridized carbons (Fsp3) is 0.0435. The number of nitrogens with zero attached hydrogens (tertiary/aromatic N) is 1. The molecule has 0 bridgehead atoms. The molecule has 30 heavy (non-hydrogen) atoms. The average Bonchev–Trinajstić information content (AvgIpc) is 2.77. The molecule has 0 radical (unpaired) electrons. The molecule has 0 fully saturated rings. The number of hydrogen-bond acceptors (Lipinski definition) is 5. The van der Waals surface area contributed by atoms with E-state index in [-0.39, 0.29) is 5.69 Å². The Balaban J connectivity index is 1.47. The zero-order chi connectivity index (χ0) is 21.3. The zero-order valence-electron chi connectivity index (χ0n) is 15.9. The Morgan fingerprint density at radius 1 is 0.900 bits per heavy atom. The lowest BCUT2D eigenvalue weighted by atomic mass is 10.1. The fourth-order valence-electron chi connectivity index (χ4n) is 2.63. The Labute approximate surface area is 172 Å². The van der Waals surface area contributed by atoms with Gasteiger partial charge in [-0.3, -0.25) is 14.9 Å². The molecule has 0 unspecified atom stereocenters. The van der Waals surface area contributed by atoms with Gasteiger partial charge in [0.25, 0.3) is 11.6 Å². The minimum atomic E-state index is -0.692. The highest BCUT2D eigenvalue weighted by atomic mass is 16.6. The number of nitrogens with one attached hydrogen (secondary N) is 1. The van der Waals surface area contributed by atoms with Gasteiger partial charge in [-0.1, -0.05) is 42.5 Å². The number of ether oxygens (including phenoxy) is 1. The maximum Gasteiger partial charge on any atom is 0.331 e. The molecule has 0 saturated carbocycles. The van der Waals surface area contributed by atoms with Crippen molar-refractivity contribution >= 4 is 29.3 Å². The molecule has 0 heterocycles. The smallest absolute Gasteiger partial charge is 0.331 e. The van der Waals surface area contributed by atoms with Crippen LogP contribution in [0.15, 0.2) is 84.9 Å². The number of carbonyl (C=O) groups is 2. The van der Waals surface area contributed by atoms with Gasteiger partial charge in [-0.25, -0.2) is 4.79 Å². The topological polar surface area (TPSA) is 98.5 Å². The third-order valence-corrected chi connectivity index (χ3v) is 4.14. The van der Waals surface area contributed by atoms with Crippen LogP contribution in [0, 0.1) is 10.1 Å². The molecule has 7 heteroatoms. The largest absolute Gasteiger partial charge is 0.452 e. The van der Waals surface area contributed by atoms with E-state index in [1.165, 1.54) is 30.3 Å². The van der Waals surface area contributed by atoms with Gasteiger partial charge in [-0.15, -0.1) is 0 Å². The number of hydrogen-bond donors (Lipinski definition) is 1. The third-order valence-electron chi connectivity index (χ3n) is 4.14. The van der Waals surface area contributed by atoms with E-state index in [4.69, 9.17) is 4.74 Å². The van der Waals surface area contributed by atoms with Crippen LogP contribution < -0.4 is 5.32 Å². The highest BCUT2D eigenvalue weighted by Crippen LogP contribution is 2.21. The first kappa shape index (κ1) is 20.5. The molecule has 7 nitrogen and oxygen atoms in total. The lowest BCUT2D eigenvalue weighted by molar-refractivity contribution is -0.384. The monoisotopic (exact) mass is 402 g/mol. The molecule has 1 N–H and O–H groups in total. The van der Waals surface area contributed by atoms with E-state index in [1.54, 1.807) is 12.1 Å². The Morgan fingerprint density at radius 3 is 2.17 bits per heavy atom. The summed E-state index contributed by atoms with van der Waals surface area (Å²) in [6, 6.07) is 22.9. The van der Waals surface area contributed by atoms with Crippen LogP contribution in [0.5, 0.6) is 0 Å². The summed E-state index contributed by atoms with van der Waals surface area (Å²) in [6.45, 7) is -0.427. The van der Waals surface area contributed by atoms with Crippen molar-refractivity contribution in [3.8, 4) is 11.1 Å². The number of carbonyl (C=O) groups excluding carboxylic acids is 2. The maximum absolute atomic E-state index is 12.0. The molecule has 1 amide bonds. The van der Waals surface area contributed by atoms with Gasteiger partial charge in [0.15, 0.2) is 6.61 Å². The molecule has 150 valence electrons. The van der Waals surface area contributed by atoms with E-state index in [0.29, 0.717) is 11.3 Å². The Hall–Kier alpha value is -4.26. The second kappa shape index (κ2) is 9.79. The number of amides is 1. The first-order chi connectivity index (χ1) is 14.5. The van der Waals surface area contributed by atoms with Crippen LogP contribution in [0.3, 0.4) is 0 Å². The van der Waals surface area contributed by atoms with Crippen molar-refractivity contribution in [3.63, 3.8) is 0 Å². The molecule has 0 aliphatic carbocycles. The van der Waals surface area contributed by atoms with Gasteiger partial charge in [0, 0.05) is 23.9 Å². The van der Waals surface area contributed by atoms with Gasteiger partial charge >= 0.3 is 5.97 Å². The van der Waals surface area contributed by atoms with Gasteiger partial charge in [0.1, 0.15) is 0 Å². The van der Waals surface area contributed by atoms with Gasteiger partial charge in [-0.05, 0) is 47.0 Å². The first-order valence-corrected chi connectivity index (χ1v) is 9.06. The molecule has 3 aromatic carbocycles. The predicted molar refractivity (Wildman–Crippen MR) is 114 cm³/mol. The minimum Gasteiger partial charge on any atom is -0.452 e. The lowest BCUT2D eigenvalue weighted by Gasteiger charge is -2.07. The standard InChI is InChI=1S/C23H18N2O5/c26-22(24-20-11-9-19(10-12-20)18-4-2-1-3-5-18)16-30-23(27)15-8-17-6-13-21(14-7-17)25(28)29/h1-15H,16H2,(H,24,26)/b15-8+. The summed E-state index contributed by atoms with van der Waals surface area (Å²) >= 11 is 0. The van der Waals surface area contributed by atoms with Crippen LogP contribution in [0.2, 0.25) is 0 Å². The summed E-state index contributed by atoms with van der Waals surface area (Å²) in [7, 11) is 0. The number of anilines is 1. The fourth-order valence-corrected chi connectivity index (χ4v) is 2.63. The molecule has 0 aliphatic heterocycles. The number of rotatable bonds is 7. The van der Waals surface area contributed by atoms with E-state index in [1.807, 2.05) is 42.5 Å². The van der Waals surface area contributed by atoms with Crippen LogP contribution in [-0.4, -0.2) is 23.4 Å². The van der Waals surface area contributed by atoms with E-state index in [9.17, 15) is 19.7 Å². The molecular formula is C23H18N2O5. The van der Waals surface area contributed by atoms with Crippen molar-refractivity contribution < 1.29 is 19.2 Å². The van der Waals surface area contributed by atoms with E-state index < -0.39 is 23.4 Å². The number of nitro benzene ring substituents is 1. The normalized spacial score (nSPS) is 10.5. The summed E-state index contributed by atoms with van der Waals surface area (Å²) in [5.41, 5.74) is 3.25. The third kappa shape index (κ3) is 5.87. The van der Waals surface area contributed by atoms with Gasteiger partial charge in [0.2, 0.25) is 0 Å². The van der Waals surface area contributed by atoms with Crippen LogP contribution >= 0.6 is 0 Å². The first-order valence-electron chi connectivity index (χ1n) is 9.06.